The van der Waals surface area contributed by atoms with Gasteiger partial charge in [0, 0.05) is 17.8 Å². The molecule has 0 spiro atoms. The Morgan fingerprint density at radius 1 is 1.24 bits per heavy atom. The summed E-state index contributed by atoms with van der Waals surface area (Å²) < 4.78 is 15.1. The molecule has 1 heterocycles. The first-order chi connectivity index (χ1) is 13.8. The van der Waals surface area contributed by atoms with Gasteiger partial charge in [0.2, 0.25) is 5.91 Å². The van der Waals surface area contributed by atoms with Gasteiger partial charge in [-0.25, -0.2) is 9.07 Å². The second kappa shape index (κ2) is 8.76. The number of rotatable bonds is 6. The molecule has 0 fully saturated rings. The first kappa shape index (κ1) is 21.0. The summed E-state index contributed by atoms with van der Waals surface area (Å²) >= 11 is 6.01. The van der Waals surface area contributed by atoms with E-state index in [-0.39, 0.29) is 10.9 Å². The summed E-state index contributed by atoms with van der Waals surface area (Å²) in [5.74, 6) is -0.661. The van der Waals surface area contributed by atoms with Crippen LogP contribution in [0.15, 0.2) is 48.5 Å². The van der Waals surface area contributed by atoms with Gasteiger partial charge < -0.3 is 5.32 Å². The van der Waals surface area contributed by atoms with E-state index in [1.54, 1.807) is 0 Å². The summed E-state index contributed by atoms with van der Waals surface area (Å²) in [5.41, 5.74) is 4.43. The zero-order chi connectivity index (χ0) is 21.1. The van der Waals surface area contributed by atoms with Gasteiger partial charge >= 0.3 is 0 Å². The third-order valence-corrected chi connectivity index (χ3v) is 5.39. The molecule has 2 aromatic carbocycles. The number of nitrogens with one attached hydrogen (secondary N) is 1. The minimum Gasteiger partial charge on any atom is -0.323 e. The van der Waals surface area contributed by atoms with Crippen LogP contribution in [0.2, 0.25) is 5.02 Å². The third-order valence-electron chi connectivity index (χ3n) is 5.08. The largest absolute Gasteiger partial charge is 0.323 e. The molecule has 0 bridgehead atoms. The van der Waals surface area contributed by atoms with Crippen LogP contribution in [0.4, 0.5) is 10.1 Å². The molecule has 1 aromatic heterocycles. The zero-order valence-electron chi connectivity index (χ0n) is 16.9. The van der Waals surface area contributed by atoms with Crippen LogP contribution in [0.5, 0.6) is 0 Å². The lowest BCUT2D eigenvalue weighted by molar-refractivity contribution is -0.120. The van der Waals surface area contributed by atoms with E-state index in [2.05, 4.69) is 10.4 Å². The Balaban J connectivity index is 1.73. The average Bonchev–Trinajstić information content (AvgIpc) is 2.98. The molecule has 0 saturated carbocycles. The van der Waals surface area contributed by atoms with E-state index in [9.17, 15) is 9.18 Å². The maximum Gasteiger partial charge on any atom is 0.241 e. The molecule has 1 atom stereocenters. The highest BCUT2D eigenvalue weighted by Crippen LogP contribution is 2.24. The van der Waals surface area contributed by atoms with E-state index in [1.165, 1.54) is 18.2 Å². The normalized spacial score (nSPS) is 12.2. The maximum absolute atomic E-state index is 13.2. The molecular weight excluding hydrogens is 391 g/mol. The van der Waals surface area contributed by atoms with Crippen molar-refractivity contribution in [2.45, 2.75) is 33.4 Å². The standard InChI is InChI=1S/C22H24ClFN4O/c1-14-19(15(2)28(26-14)18-8-6-5-7-9-18)13-27(4)16(3)22(29)25-21-11-10-17(24)12-20(21)23/h5-12,16H,13H2,1-4H3,(H,25,29)/t16-/m0/s1. The minimum atomic E-state index is -0.445. The number of aromatic nitrogens is 2. The highest BCUT2D eigenvalue weighted by atomic mass is 35.5. The number of likely N-dealkylation sites (N-methyl/N-ethyl adjacent to an activating group) is 1. The summed E-state index contributed by atoms with van der Waals surface area (Å²) in [6.45, 7) is 6.38. The van der Waals surface area contributed by atoms with Gasteiger partial charge in [-0.3, -0.25) is 9.69 Å². The van der Waals surface area contributed by atoms with E-state index in [0.717, 1.165) is 22.6 Å². The molecule has 0 aliphatic carbocycles. The lowest BCUT2D eigenvalue weighted by atomic mass is 10.1. The van der Waals surface area contributed by atoms with Gasteiger partial charge in [0.15, 0.2) is 0 Å². The smallest absolute Gasteiger partial charge is 0.241 e. The molecule has 1 N–H and O–H groups in total. The van der Waals surface area contributed by atoms with Crippen LogP contribution < -0.4 is 5.32 Å². The summed E-state index contributed by atoms with van der Waals surface area (Å²) in [6.07, 6.45) is 0. The van der Waals surface area contributed by atoms with E-state index in [1.807, 2.05) is 67.7 Å². The first-order valence-corrected chi connectivity index (χ1v) is 9.72. The maximum atomic E-state index is 13.2. The molecule has 7 heteroatoms. The topological polar surface area (TPSA) is 50.2 Å². The predicted molar refractivity (Wildman–Crippen MR) is 114 cm³/mol. The lowest BCUT2D eigenvalue weighted by Gasteiger charge is -2.24. The van der Waals surface area contributed by atoms with Crippen molar-refractivity contribution in [2.24, 2.45) is 0 Å². The van der Waals surface area contributed by atoms with Crippen molar-refractivity contribution in [1.82, 2.24) is 14.7 Å². The van der Waals surface area contributed by atoms with Crippen molar-refractivity contribution in [1.29, 1.82) is 0 Å². The van der Waals surface area contributed by atoms with Crippen LogP contribution in [0.25, 0.3) is 5.69 Å². The van der Waals surface area contributed by atoms with Crippen LogP contribution in [0, 0.1) is 19.7 Å². The van der Waals surface area contributed by atoms with Gasteiger partial charge in [0.25, 0.3) is 0 Å². The number of hydrogen-bond donors (Lipinski definition) is 1. The number of aryl methyl sites for hydroxylation is 1. The molecule has 29 heavy (non-hydrogen) atoms. The number of amides is 1. The Labute approximate surface area is 175 Å². The van der Waals surface area contributed by atoms with Crippen molar-refractivity contribution >= 4 is 23.2 Å². The lowest BCUT2D eigenvalue weighted by Crippen LogP contribution is -2.39. The van der Waals surface area contributed by atoms with Crippen molar-refractivity contribution in [3.63, 3.8) is 0 Å². The van der Waals surface area contributed by atoms with Crippen molar-refractivity contribution in [2.75, 3.05) is 12.4 Å². The van der Waals surface area contributed by atoms with Crippen molar-refractivity contribution < 1.29 is 9.18 Å². The van der Waals surface area contributed by atoms with E-state index in [4.69, 9.17) is 11.6 Å². The molecule has 0 aliphatic heterocycles. The monoisotopic (exact) mass is 414 g/mol. The van der Waals surface area contributed by atoms with Crippen molar-refractivity contribution in [3.05, 3.63) is 76.3 Å². The van der Waals surface area contributed by atoms with Crippen LogP contribution >= 0.6 is 11.6 Å². The second-order valence-corrected chi connectivity index (χ2v) is 7.51. The number of carbonyl (C=O) groups is 1. The van der Waals surface area contributed by atoms with Crippen LogP contribution in [0.3, 0.4) is 0 Å². The molecule has 0 saturated heterocycles. The fraction of sp³-hybridized carbons (Fsp3) is 0.273. The van der Waals surface area contributed by atoms with Crippen LogP contribution in [0.1, 0.15) is 23.9 Å². The van der Waals surface area contributed by atoms with Gasteiger partial charge in [-0.1, -0.05) is 29.8 Å². The Bertz CT molecular complexity index is 1020. The van der Waals surface area contributed by atoms with Gasteiger partial charge in [-0.05, 0) is 58.2 Å². The molecule has 5 nitrogen and oxygen atoms in total. The highest BCUT2D eigenvalue weighted by Gasteiger charge is 2.22. The molecule has 3 rings (SSSR count). The van der Waals surface area contributed by atoms with Crippen LogP contribution in [-0.4, -0.2) is 33.7 Å². The number of carbonyl (C=O) groups excluding carboxylic acids is 1. The van der Waals surface area contributed by atoms with Gasteiger partial charge in [-0.15, -0.1) is 0 Å². The minimum absolute atomic E-state index is 0.170. The molecule has 1 amide bonds. The quantitative estimate of drug-likeness (QED) is 0.633. The Morgan fingerprint density at radius 3 is 2.59 bits per heavy atom. The SMILES string of the molecule is Cc1nn(-c2ccccc2)c(C)c1CN(C)[C@@H](C)C(=O)Nc1ccc(F)cc1Cl. The summed E-state index contributed by atoms with van der Waals surface area (Å²) in [5, 5.41) is 7.60. The predicted octanol–water partition coefficient (Wildman–Crippen LogP) is 4.74. The summed E-state index contributed by atoms with van der Waals surface area (Å²) in [4.78, 5) is 14.6. The Morgan fingerprint density at radius 2 is 1.93 bits per heavy atom. The molecule has 3 aromatic rings. The Hall–Kier alpha value is -2.70. The fourth-order valence-electron chi connectivity index (χ4n) is 3.14. The van der Waals surface area contributed by atoms with E-state index >= 15 is 0 Å². The van der Waals surface area contributed by atoms with Gasteiger partial charge in [-0.2, -0.15) is 5.10 Å². The molecule has 0 radical (unpaired) electrons. The first-order valence-electron chi connectivity index (χ1n) is 9.34. The molecule has 0 aliphatic rings. The number of halogens is 2. The molecular formula is C22H24ClFN4O. The number of benzene rings is 2. The average molecular weight is 415 g/mol. The number of anilines is 1. The van der Waals surface area contributed by atoms with Crippen molar-refractivity contribution in [3.8, 4) is 5.69 Å². The van der Waals surface area contributed by atoms with Gasteiger partial charge in [0.1, 0.15) is 5.82 Å². The highest BCUT2D eigenvalue weighted by molar-refractivity contribution is 6.33. The zero-order valence-corrected chi connectivity index (χ0v) is 17.7. The van der Waals surface area contributed by atoms with E-state index < -0.39 is 11.9 Å². The number of para-hydroxylation sites is 1. The summed E-state index contributed by atoms with van der Waals surface area (Å²) in [7, 11) is 1.88. The van der Waals surface area contributed by atoms with E-state index in [0.29, 0.717) is 12.2 Å². The molecule has 0 unspecified atom stereocenters. The second-order valence-electron chi connectivity index (χ2n) is 7.10. The third kappa shape index (κ3) is 4.66. The summed E-state index contributed by atoms with van der Waals surface area (Å²) in [6, 6.07) is 13.4. The van der Waals surface area contributed by atoms with Crippen LogP contribution in [-0.2, 0) is 11.3 Å². The fourth-order valence-corrected chi connectivity index (χ4v) is 3.35. The number of nitrogens with zero attached hydrogens (tertiary/aromatic N) is 3. The number of hydrogen-bond acceptors (Lipinski definition) is 3. The van der Waals surface area contributed by atoms with Gasteiger partial charge in [0.05, 0.1) is 28.1 Å². The molecule has 152 valence electrons. The Kier molecular flexibility index (Phi) is 6.35.